The van der Waals surface area contributed by atoms with Crippen molar-refractivity contribution in [1.82, 2.24) is 14.0 Å². The topological polar surface area (TPSA) is 47.2 Å². The van der Waals surface area contributed by atoms with Crippen LogP contribution in [-0.2, 0) is 14.1 Å². The minimum absolute atomic E-state index is 0.0446. The fraction of sp³-hybridized carbons (Fsp3) is 0.364. The van der Waals surface area contributed by atoms with Gasteiger partial charge in [0.15, 0.2) is 0 Å². The SMILES string of the molecule is Cc1cn(C)c(=O)c2c(C(=O)N3CCCCC3c3ccccc3)cn(C)c12. The number of carbonyl (C=O) groups excluding carboxylic acids is 1. The summed E-state index contributed by atoms with van der Waals surface area (Å²) in [6.45, 7) is 2.70. The predicted molar refractivity (Wildman–Crippen MR) is 107 cm³/mol. The Bertz CT molecular complexity index is 1060. The summed E-state index contributed by atoms with van der Waals surface area (Å²) >= 11 is 0. The van der Waals surface area contributed by atoms with Crippen molar-refractivity contribution in [3.8, 4) is 0 Å². The lowest BCUT2D eigenvalue weighted by Gasteiger charge is -2.36. The van der Waals surface area contributed by atoms with Crippen LogP contribution in [0.1, 0.15) is 46.8 Å². The molecule has 3 aromatic rings. The Labute approximate surface area is 158 Å². The first kappa shape index (κ1) is 17.6. The second kappa shape index (κ2) is 6.72. The summed E-state index contributed by atoms with van der Waals surface area (Å²) < 4.78 is 3.47. The molecule has 0 saturated carbocycles. The summed E-state index contributed by atoms with van der Waals surface area (Å²) in [5.74, 6) is -0.0446. The number of carbonyl (C=O) groups is 1. The molecule has 2 aromatic heterocycles. The molecule has 1 aliphatic rings. The predicted octanol–water partition coefficient (Wildman–Crippen LogP) is 3.55. The molecule has 5 heteroatoms. The number of amides is 1. The van der Waals surface area contributed by atoms with Gasteiger partial charge in [-0.3, -0.25) is 9.59 Å². The van der Waals surface area contributed by atoms with E-state index in [1.54, 1.807) is 11.6 Å². The summed E-state index contributed by atoms with van der Waals surface area (Å²) in [6, 6.07) is 10.3. The minimum atomic E-state index is -0.118. The number of likely N-dealkylation sites (tertiary alicyclic amines) is 1. The van der Waals surface area contributed by atoms with Crippen molar-refractivity contribution in [3.63, 3.8) is 0 Å². The molecule has 4 rings (SSSR count). The van der Waals surface area contributed by atoms with Gasteiger partial charge in [0.1, 0.15) is 0 Å². The molecule has 1 atom stereocenters. The maximum Gasteiger partial charge on any atom is 0.260 e. The fourth-order valence-electron chi connectivity index (χ4n) is 4.42. The maximum absolute atomic E-state index is 13.6. The quantitative estimate of drug-likeness (QED) is 0.699. The number of aromatic nitrogens is 2. The summed E-state index contributed by atoms with van der Waals surface area (Å²) in [7, 11) is 3.64. The maximum atomic E-state index is 13.6. The zero-order chi connectivity index (χ0) is 19.1. The molecule has 1 amide bonds. The molecule has 0 radical (unpaired) electrons. The Morgan fingerprint density at radius 2 is 1.78 bits per heavy atom. The van der Waals surface area contributed by atoms with Crippen LogP contribution in [0.4, 0.5) is 0 Å². The van der Waals surface area contributed by atoms with Gasteiger partial charge in [-0.2, -0.15) is 0 Å². The molecule has 27 heavy (non-hydrogen) atoms. The number of aryl methyl sites for hydroxylation is 3. The van der Waals surface area contributed by atoms with E-state index in [-0.39, 0.29) is 17.5 Å². The van der Waals surface area contributed by atoms with Crippen LogP contribution < -0.4 is 5.56 Å². The third kappa shape index (κ3) is 2.87. The lowest BCUT2D eigenvalue weighted by Crippen LogP contribution is -2.38. The van der Waals surface area contributed by atoms with Gasteiger partial charge in [-0.1, -0.05) is 30.3 Å². The Morgan fingerprint density at radius 3 is 2.52 bits per heavy atom. The standard InChI is InChI=1S/C22H25N3O2/c1-15-13-24(3)22(27)19-17(14-23(2)20(15)19)21(26)25-12-8-7-11-18(25)16-9-5-4-6-10-16/h4-6,9-10,13-14,18H,7-8,11-12H2,1-3H3. The van der Waals surface area contributed by atoms with Crippen LogP contribution in [0.2, 0.25) is 0 Å². The Hall–Kier alpha value is -2.82. The van der Waals surface area contributed by atoms with Crippen LogP contribution in [0.3, 0.4) is 0 Å². The normalized spacial score (nSPS) is 17.4. The van der Waals surface area contributed by atoms with Crippen molar-refractivity contribution in [3.05, 3.63) is 69.8 Å². The Morgan fingerprint density at radius 1 is 1.04 bits per heavy atom. The summed E-state index contributed by atoms with van der Waals surface area (Å²) in [5, 5.41) is 0.530. The number of hydrogen-bond donors (Lipinski definition) is 0. The largest absolute Gasteiger partial charge is 0.349 e. The molecule has 1 fully saturated rings. The van der Waals surface area contributed by atoms with E-state index in [9.17, 15) is 9.59 Å². The van der Waals surface area contributed by atoms with Gasteiger partial charge in [0.05, 0.1) is 22.5 Å². The van der Waals surface area contributed by atoms with E-state index in [2.05, 4.69) is 12.1 Å². The first-order valence-corrected chi connectivity index (χ1v) is 9.50. The third-order valence-corrected chi connectivity index (χ3v) is 5.66. The van der Waals surface area contributed by atoms with Crippen molar-refractivity contribution in [2.45, 2.75) is 32.2 Å². The molecule has 1 aromatic carbocycles. The molecule has 1 unspecified atom stereocenters. The molecule has 1 aliphatic heterocycles. The number of hydrogen-bond acceptors (Lipinski definition) is 2. The lowest BCUT2D eigenvalue weighted by atomic mass is 9.94. The van der Waals surface area contributed by atoms with Gasteiger partial charge < -0.3 is 14.0 Å². The van der Waals surface area contributed by atoms with E-state index < -0.39 is 0 Å². The fourth-order valence-corrected chi connectivity index (χ4v) is 4.42. The van der Waals surface area contributed by atoms with Crippen LogP contribution in [0.15, 0.2) is 47.5 Å². The van der Waals surface area contributed by atoms with Crippen molar-refractivity contribution < 1.29 is 4.79 Å². The van der Waals surface area contributed by atoms with E-state index >= 15 is 0 Å². The van der Waals surface area contributed by atoms with Gasteiger partial charge in [-0.15, -0.1) is 0 Å². The molecule has 0 spiro atoms. The van der Waals surface area contributed by atoms with Gasteiger partial charge in [0.25, 0.3) is 11.5 Å². The van der Waals surface area contributed by atoms with Gasteiger partial charge in [-0.05, 0) is 37.3 Å². The monoisotopic (exact) mass is 363 g/mol. The van der Waals surface area contributed by atoms with Gasteiger partial charge >= 0.3 is 0 Å². The van der Waals surface area contributed by atoms with Gasteiger partial charge in [-0.25, -0.2) is 0 Å². The second-order valence-electron chi connectivity index (χ2n) is 7.53. The summed E-state index contributed by atoms with van der Waals surface area (Å²) in [5.41, 5.74) is 3.39. The van der Waals surface area contributed by atoms with E-state index in [1.807, 2.05) is 54.0 Å². The first-order chi connectivity index (χ1) is 13.0. The molecule has 3 heterocycles. The first-order valence-electron chi connectivity index (χ1n) is 9.50. The zero-order valence-electron chi connectivity index (χ0n) is 16.1. The minimum Gasteiger partial charge on any atom is -0.349 e. The average Bonchev–Trinajstić information content (AvgIpc) is 3.04. The van der Waals surface area contributed by atoms with Crippen molar-refractivity contribution >= 4 is 16.8 Å². The van der Waals surface area contributed by atoms with Crippen LogP contribution in [0, 0.1) is 6.92 Å². The van der Waals surface area contributed by atoms with Gasteiger partial charge in [0, 0.05) is 33.0 Å². The molecular weight excluding hydrogens is 338 g/mol. The Balaban J connectivity index is 1.84. The molecule has 0 aliphatic carbocycles. The third-order valence-electron chi connectivity index (χ3n) is 5.66. The molecule has 0 bridgehead atoms. The van der Waals surface area contributed by atoms with Gasteiger partial charge in [0.2, 0.25) is 0 Å². The molecule has 1 saturated heterocycles. The number of nitrogens with zero attached hydrogens (tertiary/aromatic N) is 3. The molecule has 5 nitrogen and oxygen atoms in total. The van der Waals surface area contributed by atoms with E-state index in [0.29, 0.717) is 10.9 Å². The highest BCUT2D eigenvalue weighted by Gasteiger charge is 2.31. The summed E-state index contributed by atoms with van der Waals surface area (Å²) in [6.07, 6.45) is 6.71. The highest BCUT2D eigenvalue weighted by atomic mass is 16.2. The molecule has 0 N–H and O–H groups in total. The zero-order valence-corrected chi connectivity index (χ0v) is 16.1. The molecule has 140 valence electrons. The van der Waals surface area contributed by atoms with E-state index in [4.69, 9.17) is 0 Å². The number of piperidine rings is 1. The highest BCUT2D eigenvalue weighted by molar-refractivity contribution is 6.07. The van der Waals surface area contributed by atoms with Crippen molar-refractivity contribution in [1.29, 1.82) is 0 Å². The number of fused-ring (bicyclic) bond motifs is 1. The van der Waals surface area contributed by atoms with Crippen LogP contribution >= 0.6 is 0 Å². The van der Waals surface area contributed by atoms with Crippen LogP contribution in [-0.4, -0.2) is 26.5 Å². The lowest BCUT2D eigenvalue weighted by molar-refractivity contribution is 0.0613. The smallest absolute Gasteiger partial charge is 0.260 e. The number of rotatable bonds is 2. The summed E-state index contributed by atoms with van der Waals surface area (Å²) in [4.78, 5) is 28.3. The number of benzene rings is 1. The van der Waals surface area contributed by atoms with E-state index in [1.165, 1.54) is 0 Å². The van der Waals surface area contributed by atoms with Crippen molar-refractivity contribution in [2.75, 3.05) is 6.54 Å². The number of pyridine rings is 1. The van der Waals surface area contributed by atoms with Crippen molar-refractivity contribution in [2.24, 2.45) is 14.1 Å². The van der Waals surface area contributed by atoms with Crippen LogP contribution in [0.25, 0.3) is 10.9 Å². The highest BCUT2D eigenvalue weighted by Crippen LogP contribution is 2.33. The van der Waals surface area contributed by atoms with Crippen LogP contribution in [0.5, 0.6) is 0 Å². The van der Waals surface area contributed by atoms with E-state index in [0.717, 1.165) is 42.5 Å². The second-order valence-corrected chi connectivity index (χ2v) is 7.53. The molecular formula is C22H25N3O2. The average molecular weight is 363 g/mol. The Kier molecular flexibility index (Phi) is 4.38.